The van der Waals surface area contributed by atoms with Crippen molar-refractivity contribution >= 4 is 11.6 Å². The van der Waals surface area contributed by atoms with Gasteiger partial charge in [-0.3, -0.25) is 4.79 Å². The van der Waals surface area contributed by atoms with Crippen molar-refractivity contribution in [3.05, 3.63) is 35.4 Å². The highest BCUT2D eigenvalue weighted by Crippen LogP contribution is 2.22. The fourth-order valence-corrected chi connectivity index (χ4v) is 2.18. The number of carbonyl (C=O) groups is 1. The predicted octanol–water partition coefficient (Wildman–Crippen LogP) is 2.24. The molecule has 1 aromatic carbocycles. The third kappa shape index (κ3) is 4.37. The van der Waals surface area contributed by atoms with Gasteiger partial charge in [0.05, 0.1) is 25.3 Å². The molecule has 0 aliphatic carbocycles. The van der Waals surface area contributed by atoms with Crippen LogP contribution in [0.25, 0.3) is 0 Å². The van der Waals surface area contributed by atoms with Crippen LogP contribution in [0.4, 0.5) is 0 Å². The molecule has 0 bridgehead atoms. The molecule has 1 aliphatic heterocycles. The lowest BCUT2D eigenvalue weighted by atomic mass is 10.1. The Labute approximate surface area is 125 Å². The molecule has 0 saturated carbocycles. The van der Waals surface area contributed by atoms with Gasteiger partial charge in [0.15, 0.2) is 5.79 Å². The summed E-state index contributed by atoms with van der Waals surface area (Å²) in [5.41, 5.74) is 5.59. The first kappa shape index (κ1) is 15.7. The number of rotatable bonds is 5. The molecule has 5 heteroatoms. The largest absolute Gasteiger partial charge is 0.347 e. The van der Waals surface area contributed by atoms with Crippen molar-refractivity contribution in [2.24, 2.45) is 5.10 Å². The molecule has 1 N–H and O–H groups in total. The van der Waals surface area contributed by atoms with E-state index in [1.165, 1.54) is 5.56 Å². The van der Waals surface area contributed by atoms with Crippen molar-refractivity contribution in [2.75, 3.05) is 13.2 Å². The van der Waals surface area contributed by atoms with E-state index < -0.39 is 5.79 Å². The summed E-state index contributed by atoms with van der Waals surface area (Å²) in [4.78, 5) is 11.9. The van der Waals surface area contributed by atoms with Crippen molar-refractivity contribution < 1.29 is 14.3 Å². The van der Waals surface area contributed by atoms with Crippen LogP contribution in [-0.4, -0.2) is 30.6 Å². The molecule has 0 aromatic heterocycles. The Bertz CT molecular complexity index is 517. The number of hydrogen-bond donors (Lipinski definition) is 1. The van der Waals surface area contributed by atoms with E-state index in [1.807, 2.05) is 19.1 Å². The number of hydrazone groups is 1. The minimum atomic E-state index is -0.823. The summed E-state index contributed by atoms with van der Waals surface area (Å²) >= 11 is 0. The molecule has 2 rings (SSSR count). The number of nitrogens with zero attached hydrogens (tertiary/aromatic N) is 1. The Morgan fingerprint density at radius 1 is 1.29 bits per heavy atom. The maximum absolute atomic E-state index is 11.9. The third-order valence-electron chi connectivity index (χ3n) is 3.51. The molecule has 0 unspecified atom stereocenters. The van der Waals surface area contributed by atoms with Crippen molar-refractivity contribution in [1.82, 2.24) is 5.43 Å². The van der Waals surface area contributed by atoms with E-state index in [-0.39, 0.29) is 12.3 Å². The normalized spacial score (nSPS) is 17.8. The molecule has 0 atom stereocenters. The molecule has 1 fully saturated rings. The summed E-state index contributed by atoms with van der Waals surface area (Å²) in [6.45, 7) is 6.79. The minimum Gasteiger partial charge on any atom is -0.347 e. The smallest absolute Gasteiger partial charge is 0.245 e. The number of aryl methyl sites for hydroxylation is 1. The lowest BCUT2D eigenvalue weighted by Gasteiger charge is -2.20. The van der Waals surface area contributed by atoms with Gasteiger partial charge < -0.3 is 9.47 Å². The molecule has 1 aromatic rings. The quantitative estimate of drug-likeness (QED) is 0.668. The number of benzene rings is 1. The molecule has 0 radical (unpaired) electrons. The summed E-state index contributed by atoms with van der Waals surface area (Å²) in [6, 6.07) is 8.15. The van der Waals surface area contributed by atoms with Crippen molar-refractivity contribution in [3.63, 3.8) is 0 Å². The van der Waals surface area contributed by atoms with Gasteiger partial charge in [0.2, 0.25) is 5.91 Å². The van der Waals surface area contributed by atoms with Crippen LogP contribution in [0.1, 0.15) is 38.3 Å². The van der Waals surface area contributed by atoms with E-state index in [0.717, 1.165) is 17.7 Å². The lowest BCUT2D eigenvalue weighted by Crippen LogP contribution is -2.33. The van der Waals surface area contributed by atoms with Crippen LogP contribution in [0.3, 0.4) is 0 Å². The number of amides is 1. The second-order valence-electron chi connectivity index (χ2n) is 5.29. The van der Waals surface area contributed by atoms with Crippen LogP contribution in [0.2, 0.25) is 0 Å². The first-order valence-electron chi connectivity index (χ1n) is 7.23. The minimum absolute atomic E-state index is 0.137. The zero-order chi connectivity index (χ0) is 15.3. The summed E-state index contributed by atoms with van der Waals surface area (Å²) in [5.74, 6) is -1.04. The van der Waals surface area contributed by atoms with E-state index in [9.17, 15) is 4.79 Å². The molecule has 0 spiro atoms. The van der Waals surface area contributed by atoms with Gasteiger partial charge in [0.1, 0.15) is 0 Å². The van der Waals surface area contributed by atoms with Crippen molar-refractivity contribution in [2.45, 2.75) is 39.4 Å². The fraction of sp³-hybridized carbons (Fsp3) is 0.500. The Morgan fingerprint density at radius 2 is 1.90 bits per heavy atom. The van der Waals surface area contributed by atoms with Crippen LogP contribution in [-0.2, 0) is 20.7 Å². The van der Waals surface area contributed by atoms with E-state index in [4.69, 9.17) is 9.47 Å². The number of nitrogens with one attached hydrogen (secondary N) is 1. The average Bonchev–Trinajstić information content (AvgIpc) is 2.91. The standard InChI is InChI=1S/C16H22N2O3/c1-4-13-5-7-14(8-6-13)12(2)17-18-15(19)11-16(3)20-9-10-21-16/h5-8H,4,9-11H2,1-3H3,(H,18,19)/b17-12+. The van der Waals surface area contributed by atoms with Gasteiger partial charge in [-0.2, -0.15) is 5.10 Å². The second kappa shape index (κ2) is 6.83. The highest BCUT2D eigenvalue weighted by molar-refractivity contribution is 5.99. The molecule has 1 saturated heterocycles. The number of carbonyl (C=O) groups excluding carboxylic acids is 1. The highest BCUT2D eigenvalue weighted by atomic mass is 16.7. The molecule has 1 heterocycles. The van der Waals surface area contributed by atoms with Crippen molar-refractivity contribution in [3.8, 4) is 0 Å². The van der Waals surface area contributed by atoms with E-state index >= 15 is 0 Å². The first-order valence-corrected chi connectivity index (χ1v) is 7.23. The van der Waals surface area contributed by atoms with Crippen LogP contribution in [0.5, 0.6) is 0 Å². The molecular formula is C16H22N2O3. The van der Waals surface area contributed by atoms with Gasteiger partial charge in [-0.15, -0.1) is 0 Å². The lowest BCUT2D eigenvalue weighted by molar-refractivity contribution is -0.159. The zero-order valence-electron chi connectivity index (χ0n) is 12.8. The molecular weight excluding hydrogens is 268 g/mol. The van der Waals surface area contributed by atoms with Gasteiger partial charge in [-0.25, -0.2) is 5.43 Å². The van der Waals surface area contributed by atoms with Crippen molar-refractivity contribution in [1.29, 1.82) is 0 Å². The summed E-state index contributed by atoms with van der Waals surface area (Å²) in [6.07, 6.45) is 1.14. The Balaban J connectivity index is 1.91. The van der Waals surface area contributed by atoms with Crippen LogP contribution < -0.4 is 5.43 Å². The van der Waals surface area contributed by atoms with Crippen LogP contribution >= 0.6 is 0 Å². The van der Waals surface area contributed by atoms with Crippen LogP contribution in [0.15, 0.2) is 29.4 Å². The summed E-state index contributed by atoms with van der Waals surface area (Å²) < 4.78 is 10.8. The summed E-state index contributed by atoms with van der Waals surface area (Å²) in [5, 5.41) is 4.13. The topological polar surface area (TPSA) is 59.9 Å². The Morgan fingerprint density at radius 3 is 2.48 bits per heavy atom. The average molecular weight is 290 g/mol. The molecule has 1 amide bonds. The highest BCUT2D eigenvalue weighted by Gasteiger charge is 2.33. The fourth-order valence-electron chi connectivity index (χ4n) is 2.18. The number of ether oxygens (including phenoxy) is 2. The van der Waals surface area contributed by atoms with Gasteiger partial charge in [-0.1, -0.05) is 31.2 Å². The van der Waals surface area contributed by atoms with Gasteiger partial charge in [0, 0.05) is 0 Å². The maximum atomic E-state index is 11.9. The Hall–Kier alpha value is -1.72. The summed E-state index contributed by atoms with van der Waals surface area (Å²) in [7, 11) is 0. The maximum Gasteiger partial charge on any atom is 0.245 e. The van der Waals surface area contributed by atoms with Gasteiger partial charge >= 0.3 is 0 Å². The third-order valence-corrected chi connectivity index (χ3v) is 3.51. The van der Waals surface area contributed by atoms with E-state index in [0.29, 0.717) is 13.2 Å². The molecule has 5 nitrogen and oxygen atoms in total. The van der Waals surface area contributed by atoms with Gasteiger partial charge in [0.25, 0.3) is 0 Å². The number of hydrogen-bond acceptors (Lipinski definition) is 4. The SMILES string of the molecule is CCc1ccc(/C(C)=N/NC(=O)CC2(C)OCCO2)cc1. The monoisotopic (exact) mass is 290 g/mol. The van der Waals surface area contributed by atoms with Crippen LogP contribution in [0, 0.1) is 0 Å². The zero-order valence-corrected chi connectivity index (χ0v) is 12.8. The van der Waals surface area contributed by atoms with Gasteiger partial charge in [-0.05, 0) is 31.4 Å². The predicted molar refractivity (Wildman–Crippen MR) is 81.1 cm³/mol. The Kier molecular flexibility index (Phi) is 5.09. The molecule has 1 aliphatic rings. The molecule has 114 valence electrons. The second-order valence-corrected chi connectivity index (χ2v) is 5.29. The van der Waals surface area contributed by atoms with E-state index in [1.54, 1.807) is 6.92 Å². The molecule has 21 heavy (non-hydrogen) atoms. The first-order chi connectivity index (χ1) is 10.0. The van der Waals surface area contributed by atoms with E-state index in [2.05, 4.69) is 29.6 Å².